The van der Waals surface area contributed by atoms with Crippen molar-refractivity contribution in [2.24, 2.45) is 4.99 Å². The molecule has 0 bridgehead atoms. The van der Waals surface area contributed by atoms with Crippen molar-refractivity contribution in [1.29, 1.82) is 0 Å². The van der Waals surface area contributed by atoms with Crippen LogP contribution >= 0.6 is 0 Å². The third-order valence-corrected chi connectivity index (χ3v) is 3.19. The largest absolute Gasteiger partial charge is 0.337 e. The molecule has 0 aromatic heterocycles. The van der Waals surface area contributed by atoms with Crippen LogP contribution in [0.15, 0.2) is 35.3 Å². The Bertz CT molecular complexity index is 631. The van der Waals surface area contributed by atoms with Gasteiger partial charge >= 0.3 is 6.03 Å². The Morgan fingerprint density at radius 3 is 2.62 bits per heavy atom. The van der Waals surface area contributed by atoms with Crippen LogP contribution in [0.4, 0.5) is 4.79 Å². The standard InChI is InChI=1S/C15H20N6O3/c1-2-16-15(24)21-19-13(22)9-11-14(23)20-18-12(17-11)8-10-6-4-3-5-7-10/h3-7,11H,2,8-9H2,1H3,(H,17,18)(H,19,22)(H,20,23)(H2,16,21,24)/t11-/m1/s1. The second-order valence-corrected chi connectivity index (χ2v) is 5.10. The summed E-state index contributed by atoms with van der Waals surface area (Å²) in [4.78, 5) is 39.1. The first-order valence-electron chi connectivity index (χ1n) is 7.57. The maximum atomic E-state index is 11.8. The molecule has 1 aromatic rings. The van der Waals surface area contributed by atoms with Crippen molar-refractivity contribution in [2.75, 3.05) is 6.54 Å². The van der Waals surface area contributed by atoms with E-state index in [9.17, 15) is 14.4 Å². The van der Waals surface area contributed by atoms with Crippen LogP contribution in [0.1, 0.15) is 18.9 Å². The minimum absolute atomic E-state index is 0.168. The molecule has 4 amide bonds. The zero-order chi connectivity index (χ0) is 17.4. The zero-order valence-corrected chi connectivity index (χ0v) is 13.3. The molecule has 5 N–H and O–H groups in total. The Morgan fingerprint density at radius 2 is 1.92 bits per heavy atom. The van der Waals surface area contributed by atoms with Gasteiger partial charge in [-0.1, -0.05) is 30.3 Å². The molecule has 9 heteroatoms. The summed E-state index contributed by atoms with van der Waals surface area (Å²) in [6, 6.07) is 8.26. The molecule has 1 aliphatic rings. The van der Waals surface area contributed by atoms with Gasteiger partial charge in [0.1, 0.15) is 11.9 Å². The first-order valence-corrected chi connectivity index (χ1v) is 7.57. The summed E-state index contributed by atoms with van der Waals surface area (Å²) in [6.45, 7) is 2.19. The Balaban J connectivity index is 1.90. The minimum Gasteiger partial charge on any atom is -0.337 e. The Morgan fingerprint density at radius 1 is 1.17 bits per heavy atom. The average molecular weight is 332 g/mol. The highest BCUT2D eigenvalue weighted by molar-refractivity contribution is 5.96. The van der Waals surface area contributed by atoms with Crippen molar-refractivity contribution in [2.45, 2.75) is 25.8 Å². The van der Waals surface area contributed by atoms with Crippen LogP contribution in [0.25, 0.3) is 0 Å². The molecule has 9 nitrogen and oxygen atoms in total. The van der Waals surface area contributed by atoms with Gasteiger partial charge in [-0.05, 0) is 12.5 Å². The molecule has 1 aliphatic heterocycles. The highest BCUT2D eigenvalue weighted by Gasteiger charge is 2.25. The first-order chi connectivity index (χ1) is 11.6. The van der Waals surface area contributed by atoms with E-state index < -0.39 is 23.9 Å². The third kappa shape index (κ3) is 5.27. The van der Waals surface area contributed by atoms with E-state index in [4.69, 9.17) is 0 Å². The number of nitrogens with zero attached hydrogens (tertiary/aromatic N) is 1. The lowest BCUT2D eigenvalue weighted by Crippen LogP contribution is -2.53. The smallest absolute Gasteiger partial charge is 0.333 e. The number of carbonyl (C=O) groups is 3. The van der Waals surface area contributed by atoms with E-state index in [1.54, 1.807) is 6.92 Å². The van der Waals surface area contributed by atoms with Crippen molar-refractivity contribution in [1.82, 2.24) is 27.0 Å². The molecule has 2 rings (SSSR count). The molecule has 0 saturated carbocycles. The fraction of sp³-hybridized carbons (Fsp3) is 0.333. The lowest BCUT2D eigenvalue weighted by Gasteiger charge is -2.22. The molecule has 1 aromatic carbocycles. The number of amides is 4. The van der Waals surface area contributed by atoms with E-state index in [-0.39, 0.29) is 6.42 Å². The molecule has 24 heavy (non-hydrogen) atoms. The van der Waals surface area contributed by atoms with E-state index in [1.165, 1.54) is 0 Å². The number of hydrazine groups is 2. The quantitative estimate of drug-likeness (QED) is 0.461. The molecule has 128 valence electrons. The molecule has 0 aliphatic carbocycles. The maximum Gasteiger partial charge on any atom is 0.333 e. The zero-order valence-electron chi connectivity index (χ0n) is 13.3. The minimum atomic E-state index is -0.846. The number of urea groups is 1. The van der Waals surface area contributed by atoms with Crippen LogP contribution in [0.5, 0.6) is 0 Å². The van der Waals surface area contributed by atoms with Gasteiger partial charge in [0.25, 0.3) is 5.91 Å². The van der Waals surface area contributed by atoms with Gasteiger partial charge in [-0.15, -0.1) is 0 Å². The van der Waals surface area contributed by atoms with E-state index in [1.807, 2.05) is 30.3 Å². The molecule has 0 spiro atoms. The Kier molecular flexibility index (Phi) is 6.12. The number of carbonyl (C=O) groups excluding carboxylic acids is 3. The number of aliphatic imine (C=N–C) groups is 1. The predicted octanol–water partition coefficient (Wildman–Crippen LogP) is -0.629. The molecule has 1 heterocycles. The molecule has 0 fully saturated rings. The lowest BCUT2D eigenvalue weighted by molar-refractivity contribution is -0.128. The van der Waals surface area contributed by atoms with E-state index in [2.05, 4.69) is 32.0 Å². The second-order valence-electron chi connectivity index (χ2n) is 5.10. The summed E-state index contributed by atoms with van der Waals surface area (Å²) in [6.07, 6.45) is 0.342. The number of benzene rings is 1. The molecular formula is C15H20N6O3. The summed E-state index contributed by atoms with van der Waals surface area (Å²) < 4.78 is 0. The highest BCUT2D eigenvalue weighted by Crippen LogP contribution is 2.06. The molecular weight excluding hydrogens is 312 g/mol. The molecule has 0 unspecified atom stereocenters. The fourth-order valence-electron chi connectivity index (χ4n) is 2.07. The summed E-state index contributed by atoms with van der Waals surface area (Å²) in [7, 11) is 0. The summed E-state index contributed by atoms with van der Waals surface area (Å²) >= 11 is 0. The third-order valence-electron chi connectivity index (χ3n) is 3.19. The fourth-order valence-corrected chi connectivity index (χ4v) is 2.07. The molecule has 1 atom stereocenters. The van der Waals surface area contributed by atoms with Gasteiger partial charge in [0.15, 0.2) is 0 Å². The van der Waals surface area contributed by atoms with Crippen molar-refractivity contribution in [3.8, 4) is 0 Å². The maximum absolute atomic E-state index is 11.8. The van der Waals surface area contributed by atoms with Crippen molar-refractivity contribution >= 4 is 23.7 Å². The number of hydrogen-bond donors (Lipinski definition) is 5. The average Bonchev–Trinajstić information content (AvgIpc) is 2.57. The van der Waals surface area contributed by atoms with Crippen molar-refractivity contribution in [3.63, 3.8) is 0 Å². The summed E-state index contributed by atoms with van der Waals surface area (Å²) in [5, 5.41) is 2.47. The normalized spacial score (nSPS) is 16.3. The van der Waals surface area contributed by atoms with Crippen LogP contribution < -0.4 is 27.0 Å². The van der Waals surface area contributed by atoms with Gasteiger partial charge in [0.05, 0.1) is 6.42 Å². The number of hydrogen-bond acceptors (Lipinski definition) is 5. The first kappa shape index (κ1) is 17.3. The van der Waals surface area contributed by atoms with Gasteiger partial charge < -0.3 is 5.32 Å². The van der Waals surface area contributed by atoms with Gasteiger partial charge in [-0.25, -0.2) is 10.2 Å². The predicted molar refractivity (Wildman–Crippen MR) is 87.6 cm³/mol. The SMILES string of the molecule is CCNC(=O)NNC(=O)C[C@H]1N=C(Cc2ccccc2)NNC1=O. The summed E-state index contributed by atoms with van der Waals surface area (Å²) in [5.74, 6) is -0.346. The van der Waals surface area contributed by atoms with Crippen LogP contribution in [0.2, 0.25) is 0 Å². The van der Waals surface area contributed by atoms with E-state index in [0.717, 1.165) is 5.56 Å². The second kappa shape index (κ2) is 8.51. The van der Waals surface area contributed by atoms with Crippen LogP contribution in [-0.4, -0.2) is 36.3 Å². The Labute approximate surface area is 139 Å². The van der Waals surface area contributed by atoms with Crippen LogP contribution in [0.3, 0.4) is 0 Å². The highest BCUT2D eigenvalue weighted by atomic mass is 16.2. The number of amidine groups is 1. The number of rotatable bonds is 5. The van der Waals surface area contributed by atoms with Gasteiger partial charge in [0.2, 0.25) is 5.91 Å². The van der Waals surface area contributed by atoms with Crippen LogP contribution in [0, 0.1) is 0 Å². The van der Waals surface area contributed by atoms with Gasteiger partial charge in [-0.3, -0.25) is 30.9 Å². The number of nitrogens with one attached hydrogen (secondary N) is 5. The molecule has 0 saturated heterocycles. The van der Waals surface area contributed by atoms with E-state index >= 15 is 0 Å². The summed E-state index contributed by atoms with van der Waals surface area (Å²) in [5.41, 5.74) is 10.7. The van der Waals surface area contributed by atoms with Crippen molar-refractivity contribution < 1.29 is 14.4 Å². The van der Waals surface area contributed by atoms with E-state index in [0.29, 0.717) is 18.8 Å². The van der Waals surface area contributed by atoms with Crippen molar-refractivity contribution in [3.05, 3.63) is 35.9 Å². The molecule has 0 radical (unpaired) electrons. The topological polar surface area (TPSA) is 124 Å². The van der Waals surface area contributed by atoms with Crippen LogP contribution in [-0.2, 0) is 16.0 Å². The monoisotopic (exact) mass is 332 g/mol. The Hall–Kier alpha value is -3.10. The van der Waals surface area contributed by atoms with Gasteiger partial charge in [0, 0.05) is 13.0 Å². The van der Waals surface area contributed by atoms with Gasteiger partial charge in [-0.2, -0.15) is 0 Å². The lowest BCUT2D eigenvalue weighted by atomic mass is 10.1.